The van der Waals surface area contributed by atoms with Gasteiger partial charge in [-0.1, -0.05) is 36.7 Å². The van der Waals surface area contributed by atoms with E-state index in [-0.39, 0.29) is 18.3 Å². The fourth-order valence-corrected chi connectivity index (χ4v) is 1.34. The van der Waals surface area contributed by atoms with Crippen molar-refractivity contribution in [1.82, 2.24) is 5.32 Å². The van der Waals surface area contributed by atoms with E-state index in [1.807, 2.05) is 25.1 Å². The fourth-order valence-electron chi connectivity index (χ4n) is 1.14. The first-order valence-corrected chi connectivity index (χ1v) is 5.29. The first-order valence-electron chi connectivity index (χ1n) is 4.91. The highest BCUT2D eigenvalue weighted by molar-refractivity contribution is 6.31. The van der Waals surface area contributed by atoms with Crippen molar-refractivity contribution in [2.75, 3.05) is 0 Å². The normalized spacial score (nSPS) is 11.4. The smallest absolute Gasteiger partial charge is 0.237 e. The molecule has 3 N–H and O–H groups in total. The van der Waals surface area contributed by atoms with Crippen LogP contribution in [0.25, 0.3) is 0 Å². The van der Waals surface area contributed by atoms with Crippen LogP contribution < -0.4 is 11.1 Å². The van der Waals surface area contributed by atoms with E-state index in [0.29, 0.717) is 18.0 Å². The molecule has 0 bridgehead atoms. The summed E-state index contributed by atoms with van der Waals surface area (Å²) >= 11 is 5.94. The summed E-state index contributed by atoms with van der Waals surface area (Å²) in [6.07, 6.45) is 0.633. The molecule has 1 aromatic rings. The van der Waals surface area contributed by atoms with E-state index in [1.54, 1.807) is 6.07 Å². The number of hydrogen-bond donors (Lipinski definition) is 2. The molecule has 0 aromatic heterocycles. The van der Waals surface area contributed by atoms with Gasteiger partial charge in [-0.3, -0.25) is 4.79 Å². The molecule has 3 nitrogen and oxygen atoms in total. The van der Waals surface area contributed by atoms with Crippen molar-refractivity contribution in [3.8, 4) is 0 Å². The number of halogens is 2. The second-order valence-electron chi connectivity index (χ2n) is 3.32. The monoisotopic (exact) mass is 262 g/mol. The Morgan fingerprint density at radius 3 is 2.69 bits per heavy atom. The van der Waals surface area contributed by atoms with E-state index in [2.05, 4.69) is 5.32 Å². The minimum Gasteiger partial charge on any atom is -0.351 e. The van der Waals surface area contributed by atoms with Crippen molar-refractivity contribution < 1.29 is 4.79 Å². The molecule has 1 rings (SSSR count). The summed E-state index contributed by atoms with van der Waals surface area (Å²) in [6.45, 7) is 2.30. The summed E-state index contributed by atoms with van der Waals surface area (Å²) in [6, 6.07) is 6.97. The maximum atomic E-state index is 11.4. The number of hydrogen-bond acceptors (Lipinski definition) is 2. The zero-order chi connectivity index (χ0) is 11.3. The molecular weight excluding hydrogens is 247 g/mol. The molecule has 0 unspecified atom stereocenters. The number of carbonyl (C=O) groups excluding carboxylic acids is 1. The molecule has 0 saturated heterocycles. The van der Waals surface area contributed by atoms with Gasteiger partial charge in [-0.2, -0.15) is 0 Å². The summed E-state index contributed by atoms with van der Waals surface area (Å²) in [5, 5.41) is 3.40. The third-order valence-corrected chi connectivity index (χ3v) is 2.56. The topological polar surface area (TPSA) is 55.1 Å². The molecule has 1 atom stereocenters. The molecule has 16 heavy (non-hydrogen) atoms. The van der Waals surface area contributed by atoms with Crippen molar-refractivity contribution in [1.29, 1.82) is 0 Å². The van der Waals surface area contributed by atoms with Gasteiger partial charge in [0.2, 0.25) is 5.91 Å². The zero-order valence-corrected chi connectivity index (χ0v) is 10.6. The summed E-state index contributed by atoms with van der Waals surface area (Å²) in [5.74, 6) is -0.141. The van der Waals surface area contributed by atoms with Crippen LogP contribution in [0.1, 0.15) is 18.9 Å². The molecule has 0 heterocycles. The Morgan fingerprint density at radius 1 is 1.50 bits per heavy atom. The lowest BCUT2D eigenvalue weighted by Gasteiger charge is -2.10. The molecule has 5 heteroatoms. The Labute approximate surface area is 107 Å². The van der Waals surface area contributed by atoms with Crippen LogP contribution in [0.15, 0.2) is 24.3 Å². The molecule has 1 amide bonds. The van der Waals surface area contributed by atoms with Crippen molar-refractivity contribution in [2.24, 2.45) is 5.73 Å². The molecule has 0 aliphatic carbocycles. The lowest BCUT2D eigenvalue weighted by Crippen LogP contribution is -2.39. The minimum absolute atomic E-state index is 0. The van der Waals surface area contributed by atoms with Crippen LogP contribution in [0, 0.1) is 0 Å². The maximum Gasteiger partial charge on any atom is 0.237 e. The molecule has 0 fully saturated rings. The number of amides is 1. The van der Waals surface area contributed by atoms with E-state index < -0.39 is 6.04 Å². The summed E-state index contributed by atoms with van der Waals surface area (Å²) in [4.78, 5) is 11.4. The van der Waals surface area contributed by atoms with Crippen molar-refractivity contribution in [3.63, 3.8) is 0 Å². The Bertz CT molecular complexity index is 345. The quantitative estimate of drug-likeness (QED) is 0.874. The predicted octanol–water partition coefficient (Wildman–Crippen LogP) is 2.12. The Morgan fingerprint density at radius 2 is 2.12 bits per heavy atom. The first kappa shape index (κ1) is 15.2. The first-order chi connectivity index (χ1) is 7.15. The molecular formula is C11H16Cl2N2O. The molecule has 90 valence electrons. The number of nitrogens with one attached hydrogen (secondary N) is 1. The highest BCUT2D eigenvalue weighted by Crippen LogP contribution is 2.14. The van der Waals surface area contributed by atoms with Crippen LogP contribution in [0.5, 0.6) is 0 Å². The summed E-state index contributed by atoms with van der Waals surface area (Å²) in [5.41, 5.74) is 6.47. The van der Waals surface area contributed by atoms with Gasteiger partial charge in [0.15, 0.2) is 0 Å². The largest absolute Gasteiger partial charge is 0.351 e. The maximum absolute atomic E-state index is 11.4. The third-order valence-electron chi connectivity index (χ3n) is 2.19. The molecule has 0 aliphatic heterocycles. The van der Waals surface area contributed by atoms with E-state index in [4.69, 9.17) is 17.3 Å². The Kier molecular flexibility index (Phi) is 7.13. The summed E-state index contributed by atoms with van der Waals surface area (Å²) < 4.78 is 0. The van der Waals surface area contributed by atoms with Gasteiger partial charge in [-0.05, 0) is 18.1 Å². The molecule has 0 aliphatic rings. The number of nitrogens with two attached hydrogens (primary N) is 1. The minimum atomic E-state index is -0.438. The molecule has 0 spiro atoms. The van der Waals surface area contributed by atoms with Gasteiger partial charge in [-0.25, -0.2) is 0 Å². The summed E-state index contributed by atoms with van der Waals surface area (Å²) in [7, 11) is 0. The molecule has 0 saturated carbocycles. The van der Waals surface area contributed by atoms with Crippen LogP contribution in [0.4, 0.5) is 0 Å². The number of carbonyl (C=O) groups is 1. The Hall–Kier alpha value is -0.770. The SMILES string of the molecule is CC[C@H](N)C(=O)NCc1ccccc1Cl.Cl. The predicted molar refractivity (Wildman–Crippen MR) is 68.8 cm³/mol. The van der Waals surface area contributed by atoms with Crippen molar-refractivity contribution in [2.45, 2.75) is 25.9 Å². The number of rotatable bonds is 4. The van der Waals surface area contributed by atoms with Gasteiger partial charge in [0, 0.05) is 11.6 Å². The van der Waals surface area contributed by atoms with Crippen LogP contribution in [-0.4, -0.2) is 11.9 Å². The van der Waals surface area contributed by atoms with Crippen LogP contribution >= 0.6 is 24.0 Å². The van der Waals surface area contributed by atoms with E-state index >= 15 is 0 Å². The standard InChI is InChI=1S/C11H15ClN2O.ClH/c1-2-10(13)11(15)14-7-8-5-3-4-6-9(8)12;/h3-6,10H,2,7,13H2,1H3,(H,14,15);1H/t10-;/m0./s1. The lowest BCUT2D eigenvalue weighted by atomic mass is 10.2. The highest BCUT2D eigenvalue weighted by atomic mass is 35.5. The van der Waals surface area contributed by atoms with E-state index in [0.717, 1.165) is 5.56 Å². The second kappa shape index (κ2) is 7.49. The third kappa shape index (κ3) is 4.39. The second-order valence-corrected chi connectivity index (χ2v) is 3.73. The van der Waals surface area contributed by atoms with E-state index in [1.165, 1.54) is 0 Å². The highest BCUT2D eigenvalue weighted by Gasteiger charge is 2.10. The van der Waals surface area contributed by atoms with Gasteiger partial charge in [0.05, 0.1) is 6.04 Å². The zero-order valence-electron chi connectivity index (χ0n) is 9.07. The number of benzene rings is 1. The van der Waals surface area contributed by atoms with Gasteiger partial charge in [-0.15, -0.1) is 12.4 Å². The fraction of sp³-hybridized carbons (Fsp3) is 0.364. The van der Waals surface area contributed by atoms with Gasteiger partial charge in [0.1, 0.15) is 0 Å². The van der Waals surface area contributed by atoms with Crippen LogP contribution in [-0.2, 0) is 11.3 Å². The van der Waals surface area contributed by atoms with Gasteiger partial charge >= 0.3 is 0 Å². The van der Waals surface area contributed by atoms with Gasteiger partial charge in [0.25, 0.3) is 0 Å². The molecule has 0 radical (unpaired) electrons. The average molecular weight is 263 g/mol. The van der Waals surface area contributed by atoms with Gasteiger partial charge < -0.3 is 11.1 Å². The van der Waals surface area contributed by atoms with E-state index in [9.17, 15) is 4.79 Å². The average Bonchev–Trinajstić information content (AvgIpc) is 2.26. The van der Waals surface area contributed by atoms with Crippen molar-refractivity contribution in [3.05, 3.63) is 34.9 Å². The van der Waals surface area contributed by atoms with Crippen LogP contribution in [0.2, 0.25) is 5.02 Å². The van der Waals surface area contributed by atoms with Crippen molar-refractivity contribution >= 4 is 29.9 Å². The molecule has 1 aromatic carbocycles. The van der Waals surface area contributed by atoms with Crippen LogP contribution in [0.3, 0.4) is 0 Å². The lowest BCUT2D eigenvalue weighted by molar-refractivity contribution is -0.122. The Balaban J connectivity index is 0.00000225.